The molecule has 6 heteroatoms. The summed E-state index contributed by atoms with van der Waals surface area (Å²) in [6.07, 6.45) is 12.6. The van der Waals surface area contributed by atoms with Crippen molar-refractivity contribution in [3.8, 4) is 0 Å². The third-order valence-electron chi connectivity index (χ3n) is 12.1. The fourth-order valence-electron chi connectivity index (χ4n) is 10.1. The maximum absolute atomic E-state index is 11.6. The van der Waals surface area contributed by atoms with Crippen LogP contribution in [0.2, 0.25) is 0 Å². The highest BCUT2D eigenvalue weighted by Crippen LogP contribution is 2.70. The lowest BCUT2D eigenvalue weighted by Gasteiger charge is -2.58. The van der Waals surface area contributed by atoms with Gasteiger partial charge in [-0.25, -0.2) is 0 Å². The molecule has 0 bridgehead atoms. The van der Waals surface area contributed by atoms with E-state index in [-0.39, 0.29) is 34.9 Å². The number of esters is 1. The molecule has 0 aromatic rings. The maximum atomic E-state index is 11.6. The molecule has 5 aliphatic rings. The number of rotatable bonds is 7. The molecule has 1 amide bonds. The van der Waals surface area contributed by atoms with Crippen LogP contribution in [0.4, 0.5) is 0 Å². The Hall–Kier alpha value is -1.40. The minimum atomic E-state index is -0.522. The molecule has 1 heterocycles. The first kappa shape index (κ1) is 28.1. The number of carbonyl (C=O) groups is 2. The number of methoxy groups -OCH3 is 1. The monoisotopic (exact) mass is 529 g/mol. The molecule has 214 valence electrons. The van der Waals surface area contributed by atoms with Gasteiger partial charge in [0.05, 0.1) is 6.10 Å². The van der Waals surface area contributed by atoms with E-state index in [2.05, 4.69) is 39.1 Å². The van der Waals surface area contributed by atoms with Gasteiger partial charge in [-0.15, -0.1) is 0 Å². The Morgan fingerprint density at radius 1 is 1.18 bits per heavy atom. The van der Waals surface area contributed by atoms with Crippen LogP contribution < -0.4 is 5.32 Å². The largest absolute Gasteiger partial charge is 0.462 e. The zero-order valence-electron chi connectivity index (χ0n) is 24.8. The van der Waals surface area contributed by atoms with Crippen molar-refractivity contribution in [2.45, 2.75) is 117 Å². The second-order valence-electron chi connectivity index (χ2n) is 14.1. The van der Waals surface area contributed by atoms with Gasteiger partial charge >= 0.3 is 5.97 Å². The number of ether oxygens (including phenoxy) is 3. The highest BCUT2D eigenvalue weighted by molar-refractivity contribution is 5.72. The third kappa shape index (κ3) is 4.56. The molecule has 38 heavy (non-hydrogen) atoms. The first-order chi connectivity index (χ1) is 17.9. The van der Waals surface area contributed by atoms with Crippen LogP contribution in [-0.4, -0.2) is 43.5 Å². The highest BCUT2D eigenvalue weighted by Gasteiger charge is 2.68. The molecule has 6 nitrogen and oxygen atoms in total. The number of fused-ring (bicyclic) bond motifs is 7. The van der Waals surface area contributed by atoms with Crippen LogP contribution in [0.3, 0.4) is 0 Å². The summed E-state index contributed by atoms with van der Waals surface area (Å²) < 4.78 is 18.8. The molecule has 5 unspecified atom stereocenters. The molecule has 1 saturated heterocycles. The predicted octanol–water partition coefficient (Wildman–Crippen LogP) is 6.04. The van der Waals surface area contributed by atoms with Crippen molar-refractivity contribution in [2.24, 2.45) is 46.3 Å². The zero-order valence-corrected chi connectivity index (χ0v) is 24.8. The summed E-state index contributed by atoms with van der Waals surface area (Å²) in [4.78, 5) is 22.9. The van der Waals surface area contributed by atoms with E-state index in [9.17, 15) is 9.59 Å². The number of allylic oxidation sites excluding steroid dienone is 1. The van der Waals surface area contributed by atoms with Crippen molar-refractivity contribution in [1.29, 1.82) is 0 Å². The van der Waals surface area contributed by atoms with Gasteiger partial charge in [0, 0.05) is 46.3 Å². The highest BCUT2D eigenvalue weighted by atomic mass is 16.7. The van der Waals surface area contributed by atoms with Gasteiger partial charge in [0.25, 0.3) is 0 Å². The Morgan fingerprint density at radius 2 is 1.95 bits per heavy atom. The van der Waals surface area contributed by atoms with E-state index >= 15 is 0 Å². The summed E-state index contributed by atoms with van der Waals surface area (Å²) in [6.45, 7) is 13.5. The van der Waals surface area contributed by atoms with Crippen molar-refractivity contribution < 1.29 is 23.8 Å². The molecular weight excluding hydrogens is 478 g/mol. The van der Waals surface area contributed by atoms with Gasteiger partial charge in [0.15, 0.2) is 5.79 Å². The molecule has 4 fully saturated rings. The molecule has 4 aliphatic carbocycles. The number of carbonyl (C=O) groups excluding carboxylic acids is 2. The average molecular weight is 530 g/mol. The van der Waals surface area contributed by atoms with Crippen LogP contribution in [0.5, 0.6) is 0 Å². The average Bonchev–Trinajstić information content (AvgIpc) is 3.31. The molecule has 0 aromatic carbocycles. The Kier molecular flexibility index (Phi) is 7.56. The van der Waals surface area contributed by atoms with E-state index in [0.29, 0.717) is 36.1 Å². The van der Waals surface area contributed by atoms with Gasteiger partial charge in [0.2, 0.25) is 5.91 Å². The lowest BCUT2D eigenvalue weighted by atomic mass is 9.47. The molecule has 5 rings (SSSR count). The van der Waals surface area contributed by atoms with Crippen LogP contribution in [-0.2, 0) is 23.8 Å². The molecule has 0 aromatic heterocycles. The molecule has 0 radical (unpaired) electrons. The minimum absolute atomic E-state index is 0.0314. The van der Waals surface area contributed by atoms with E-state index < -0.39 is 5.79 Å². The van der Waals surface area contributed by atoms with E-state index in [1.54, 1.807) is 12.5 Å². The Morgan fingerprint density at radius 3 is 2.63 bits per heavy atom. The fourth-order valence-corrected chi connectivity index (χ4v) is 10.1. The first-order valence-corrected chi connectivity index (χ1v) is 15.3. The summed E-state index contributed by atoms with van der Waals surface area (Å²) in [7, 11) is 1.83. The number of nitrogens with one attached hydrogen (secondary N) is 1. The lowest BCUT2D eigenvalue weighted by molar-refractivity contribution is -0.238. The standard InChI is InChI=1S/C32H51NO5/c1-19(18-33-21(3)34)10-15-32(36-7)20(2)29-28(38-32)17-27-25-9-8-23-16-24(37-22(4)35)11-13-30(23,5)26(25)12-14-31(27,29)6/h8,19-20,24-29H,9-18H2,1-7H3,(H,33,34)/t19?,20?,24?,25-,26+,27+,28?,29+,30+,31+,32?/m1/s1. The molecular formula is C32H51NO5. The molecule has 11 atom stereocenters. The SMILES string of the molecule is COC1(CCC(C)CNC(C)=O)OC2C[C@H]3[C@@H]4CC=C5CC(OC(C)=O)CC[C@]5(C)[C@H]4CC[C@]3(C)[C@H]2C1C. The normalized spacial score (nSPS) is 46.2. The van der Waals surface area contributed by atoms with Gasteiger partial charge in [-0.3, -0.25) is 9.59 Å². The summed E-state index contributed by atoms with van der Waals surface area (Å²) in [5, 5.41) is 2.96. The maximum Gasteiger partial charge on any atom is 0.302 e. The first-order valence-electron chi connectivity index (χ1n) is 15.3. The van der Waals surface area contributed by atoms with Gasteiger partial charge in [-0.2, -0.15) is 0 Å². The summed E-state index contributed by atoms with van der Waals surface area (Å²) in [5.41, 5.74) is 2.07. The third-order valence-corrected chi connectivity index (χ3v) is 12.1. The van der Waals surface area contributed by atoms with Crippen molar-refractivity contribution in [1.82, 2.24) is 5.32 Å². The fraction of sp³-hybridized carbons (Fsp3) is 0.875. The van der Waals surface area contributed by atoms with Crippen molar-refractivity contribution in [3.63, 3.8) is 0 Å². The second-order valence-corrected chi connectivity index (χ2v) is 14.1. The van der Waals surface area contributed by atoms with Crippen molar-refractivity contribution >= 4 is 11.9 Å². The number of hydrogen-bond donors (Lipinski definition) is 1. The van der Waals surface area contributed by atoms with E-state index in [0.717, 1.165) is 50.9 Å². The Bertz CT molecular complexity index is 963. The molecule has 1 N–H and O–H groups in total. The van der Waals surface area contributed by atoms with Gasteiger partial charge in [-0.1, -0.05) is 39.3 Å². The lowest BCUT2D eigenvalue weighted by Crippen LogP contribution is -2.52. The van der Waals surface area contributed by atoms with Gasteiger partial charge in [-0.05, 0) is 85.4 Å². The van der Waals surface area contributed by atoms with E-state index in [1.807, 2.05) is 7.11 Å². The van der Waals surface area contributed by atoms with E-state index in [1.165, 1.54) is 19.8 Å². The second kappa shape index (κ2) is 10.2. The molecule has 0 spiro atoms. The van der Waals surface area contributed by atoms with Crippen molar-refractivity contribution in [3.05, 3.63) is 11.6 Å². The quantitative estimate of drug-likeness (QED) is 0.322. The summed E-state index contributed by atoms with van der Waals surface area (Å²) in [6, 6.07) is 0. The Labute approximate surface area is 230 Å². The van der Waals surface area contributed by atoms with Crippen LogP contribution in [0.1, 0.15) is 99.3 Å². The molecule has 3 saturated carbocycles. The number of amides is 1. The van der Waals surface area contributed by atoms with E-state index in [4.69, 9.17) is 14.2 Å². The zero-order chi connectivity index (χ0) is 27.5. The number of hydrogen-bond acceptors (Lipinski definition) is 5. The van der Waals surface area contributed by atoms with Gasteiger partial charge < -0.3 is 19.5 Å². The molecule has 1 aliphatic heterocycles. The van der Waals surface area contributed by atoms with Crippen LogP contribution in [0, 0.1) is 46.3 Å². The topological polar surface area (TPSA) is 73.9 Å². The van der Waals surface area contributed by atoms with Crippen LogP contribution in [0.15, 0.2) is 11.6 Å². The predicted molar refractivity (Wildman–Crippen MR) is 147 cm³/mol. The summed E-state index contributed by atoms with van der Waals surface area (Å²) >= 11 is 0. The summed E-state index contributed by atoms with van der Waals surface area (Å²) in [5.74, 6) is 2.74. The van der Waals surface area contributed by atoms with Crippen LogP contribution in [0.25, 0.3) is 0 Å². The smallest absolute Gasteiger partial charge is 0.302 e. The van der Waals surface area contributed by atoms with Gasteiger partial charge in [0.1, 0.15) is 6.10 Å². The minimum Gasteiger partial charge on any atom is -0.462 e. The van der Waals surface area contributed by atoms with Crippen molar-refractivity contribution in [2.75, 3.05) is 13.7 Å². The Balaban J connectivity index is 1.30. The van der Waals surface area contributed by atoms with Crippen LogP contribution >= 0.6 is 0 Å².